The third-order valence-corrected chi connectivity index (χ3v) is 4.92. The zero-order valence-corrected chi connectivity index (χ0v) is 18.3. The van der Waals surface area contributed by atoms with Crippen molar-refractivity contribution in [3.05, 3.63) is 64.5 Å². The van der Waals surface area contributed by atoms with Gasteiger partial charge < -0.3 is 14.2 Å². The van der Waals surface area contributed by atoms with E-state index in [-0.39, 0.29) is 5.91 Å². The second-order valence-corrected chi connectivity index (χ2v) is 7.80. The molecule has 0 aliphatic rings. The number of carbonyl (C=O) groups is 1. The number of nitrogens with zero attached hydrogens (tertiary/aromatic N) is 3. The molecular formula is C23H26ClN3O3. The molecule has 0 bridgehead atoms. The van der Waals surface area contributed by atoms with Gasteiger partial charge in [0.15, 0.2) is 0 Å². The maximum absolute atomic E-state index is 12.3. The fourth-order valence-electron chi connectivity index (χ4n) is 3.10. The predicted octanol–water partition coefficient (Wildman–Crippen LogP) is 4.87. The van der Waals surface area contributed by atoms with Crippen LogP contribution >= 0.6 is 11.6 Å². The summed E-state index contributed by atoms with van der Waals surface area (Å²) in [5, 5.41) is 4.65. The Morgan fingerprint density at radius 2 is 1.83 bits per heavy atom. The Morgan fingerprint density at radius 1 is 1.13 bits per heavy atom. The van der Waals surface area contributed by atoms with Gasteiger partial charge in [0.05, 0.1) is 6.54 Å². The Balaban J connectivity index is 1.39. The number of ether oxygens (including phenoxy) is 1. The lowest BCUT2D eigenvalue weighted by molar-refractivity contribution is -0.130. The lowest BCUT2D eigenvalue weighted by Crippen LogP contribution is -2.30. The standard InChI is InChI=1S/C23H26ClN3O3/c1-16-13-17(2)15-20(14-16)29-12-11-27(3)22(28)6-4-5-21-25-23(26-30-21)18-7-9-19(24)10-8-18/h7-10,13-15H,4-6,11-12H2,1-3H3. The van der Waals surface area contributed by atoms with Crippen molar-refractivity contribution in [2.45, 2.75) is 33.1 Å². The zero-order chi connectivity index (χ0) is 21.5. The first-order chi connectivity index (χ1) is 14.4. The molecule has 0 radical (unpaired) electrons. The lowest BCUT2D eigenvalue weighted by Gasteiger charge is -2.17. The minimum absolute atomic E-state index is 0.0662. The molecule has 7 heteroatoms. The molecule has 0 atom stereocenters. The van der Waals surface area contributed by atoms with Crippen molar-refractivity contribution in [2.24, 2.45) is 0 Å². The van der Waals surface area contributed by atoms with Crippen molar-refractivity contribution < 1.29 is 14.1 Å². The maximum Gasteiger partial charge on any atom is 0.226 e. The first kappa shape index (κ1) is 21.8. The monoisotopic (exact) mass is 427 g/mol. The Labute approximate surface area is 181 Å². The second kappa shape index (κ2) is 10.3. The van der Waals surface area contributed by atoms with E-state index in [0.29, 0.717) is 49.2 Å². The van der Waals surface area contributed by atoms with Crippen LogP contribution in [-0.4, -0.2) is 41.1 Å². The first-order valence-corrected chi connectivity index (χ1v) is 10.3. The van der Waals surface area contributed by atoms with E-state index in [1.54, 1.807) is 24.1 Å². The van der Waals surface area contributed by atoms with E-state index in [9.17, 15) is 4.79 Å². The third-order valence-electron chi connectivity index (χ3n) is 4.67. The van der Waals surface area contributed by atoms with E-state index in [1.165, 1.54) is 0 Å². The summed E-state index contributed by atoms with van der Waals surface area (Å²) in [4.78, 5) is 18.4. The smallest absolute Gasteiger partial charge is 0.226 e. The molecule has 2 aromatic carbocycles. The summed E-state index contributed by atoms with van der Waals surface area (Å²) in [5.41, 5.74) is 3.17. The molecule has 0 unspecified atom stereocenters. The number of rotatable bonds is 9. The van der Waals surface area contributed by atoms with Crippen molar-refractivity contribution in [2.75, 3.05) is 20.2 Å². The first-order valence-electron chi connectivity index (χ1n) is 9.94. The highest BCUT2D eigenvalue weighted by molar-refractivity contribution is 6.30. The topological polar surface area (TPSA) is 68.5 Å². The van der Waals surface area contributed by atoms with Crippen LogP contribution in [0.25, 0.3) is 11.4 Å². The number of aromatic nitrogens is 2. The zero-order valence-electron chi connectivity index (χ0n) is 17.5. The van der Waals surface area contributed by atoms with Gasteiger partial charge in [-0.05, 0) is 67.8 Å². The van der Waals surface area contributed by atoms with Gasteiger partial charge in [0.1, 0.15) is 12.4 Å². The van der Waals surface area contributed by atoms with Gasteiger partial charge in [0, 0.05) is 30.5 Å². The number of halogens is 1. The minimum Gasteiger partial charge on any atom is -0.492 e. The van der Waals surface area contributed by atoms with Crippen LogP contribution in [-0.2, 0) is 11.2 Å². The van der Waals surface area contributed by atoms with Crippen LogP contribution in [0.2, 0.25) is 5.02 Å². The van der Waals surface area contributed by atoms with Gasteiger partial charge >= 0.3 is 0 Å². The minimum atomic E-state index is 0.0662. The Morgan fingerprint density at radius 3 is 2.53 bits per heavy atom. The van der Waals surface area contributed by atoms with Gasteiger partial charge in [-0.25, -0.2) is 0 Å². The summed E-state index contributed by atoms with van der Waals surface area (Å²) < 4.78 is 11.1. The quantitative estimate of drug-likeness (QED) is 0.487. The number of hydrogen-bond donors (Lipinski definition) is 0. The molecule has 3 rings (SSSR count). The number of benzene rings is 2. The van der Waals surface area contributed by atoms with Gasteiger partial charge in [-0.1, -0.05) is 22.8 Å². The van der Waals surface area contributed by atoms with Crippen molar-refractivity contribution in [3.63, 3.8) is 0 Å². The predicted molar refractivity (Wildman–Crippen MR) is 117 cm³/mol. The summed E-state index contributed by atoms with van der Waals surface area (Å²) >= 11 is 5.90. The van der Waals surface area contributed by atoms with Crippen molar-refractivity contribution in [3.8, 4) is 17.1 Å². The van der Waals surface area contributed by atoms with E-state index in [4.69, 9.17) is 20.9 Å². The highest BCUT2D eigenvalue weighted by atomic mass is 35.5. The molecule has 0 fully saturated rings. The van der Waals surface area contributed by atoms with Crippen LogP contribution in [0.5, 0.6) is 5.75 Å². The van der Waals surface area contributed by atoms with Crippen LogP contribution in [0, 0.1) is 13.8 Å². The van der Waals surface area contributed by atoms with E-state index in [1.807, 2.05) is 38.1 Å². The van der Waals surface area contributed by atoms with Crippen molar-refractivity contribution in [1.29, 1.82) is 0 Å². The second-order valence-electron chi connectivity index (χ2n) is 7.36. The van der Waals surface area contributed by atoms with Gasteiger partial charge in [-0.15, -0.1) is 0 Å². The van der Waals surface area contributed by atoms with Gasteiger partial charge in [0.25, 0.3) is 0 Å². The molecule has 1 amide bonds. The molecule has 0 aliphatic carbocycles. The number of amides is 1. The molecule has 6 nitrogen and oxygen atoms in total. The molecule has 0 saturated carbocycles. The molecule has 3 aromatic rings. The summed E-state index contributed by atoms with van der Waals surface area (Å²) in [5.74, 6) is 1.94. The van der Waals surface area contributed by atoms with Crippen LogP contribution in [0.15, 0.2) is 47.0 Å². The van der Waals surface area contributed by atoms with Gasteiger partial charge in [-0.3, -0.25) is 4.79 Å². The summed E-state index contributed by atoms with van der Waals surface area (Å²) in [7, 11) is 1.79. The molecule has 0 saturated heterocycles. The number of likely N-dealkylation sites (N-methyl/N-ethyl adjacent to an activating group) is 1. The largest absolute Gasteiger partial charge is 0.492 e. The molecule has 1 aromatic heterocycles. The van der Waals surface area contributed by atoms with Crippen LogP contribution < -0.4 is 4.74 Å². The Kier molecular flexibility index (Phi) is 7.46. The van der Waals surface area contributed by atoms with E-state index >= 15 is 0 Å². The fraction of sp³-hybridized carbons (Fsp3) is 0.348. The molecule has 1 heterocycles. The molecule has 30 heavy (non-hydrogen) atoms. The van der Waals surface area contributed by atoms with E-state index < -0.39 is 0 Å². The van der Waals surface area contributed by atoms with Gasteiger partial charge in [0.2, 0.25) is 17.6 Å². The van der Waals surface area contributed by atoms with Crippen LogP contribution in [0.3, 0.4) is 0 Å². The van der Waals surface area contributed by atoms with Crippen LogP contribution in [0.1, 0.15) is 29.9 Å². The highest BCUT2D eigenvalue weighted by Gasteiger charge is 2.12. The molecule has 0 spiro atoms. The maximum atomic E-state index is 12.3. The average molecular weight is 428 g/mol. The SMILES string of the molecule is Cc1cc(C)cc(OCCN(C)C(=O)CCCc2nc(-c3ccc(Cl)cc3)no2)c1. The molecular weight excluding hydrogens is 402 g/mol. The summed E-state index contributed by atoms with van der Waals surface area (Å²) in [6.07, 6.45) is 1.61. The number of aryl methyl sites for hydroxylation is 3. The third kappa shape index (κ3) is 6.32. The average Bonchev–Trinajstić information content (AvgIpc) is 3.16. The Bertz CT molecular complexity index is 965. The summed E-state index contributed by atoms with van der Waals surface area (Å²) in [6.45, 7) is 5.07. The lowest BCUT2D eigenvalue weighted by atomic mass is 10.1. The van der Waals surface area contributed by atoms with Crippen LogP contribution in [0.4, 0.5) is 0 Å². The van der Waals surface area contributed by atoms with E-state index in [2.05, 4.69) is 16.2 Å². The number of carbonyl (C=O) groups excluding carboxylic acids is 1. The van der Waals surface area contributed by atoms with E-state index in [0.717, 1.165) is 22.4 Å². The fourth-order valence-corrected chi connectivity index (χ4v) is 3.22. The molecule has 0 N–H and O–H groups in total. The Hall–Kier alpha value is -2.86. The summed E-state index contributed by atoms with van der Waals surface area (Å²) in [6, 6.07) is 13.3. The van der Waals surface area contributed by atoms with Crippen molar-refractivity contribution in [1.82, 2.24) is 15.0 Å². The number of hydrogen-bond acceptors (Lipinski definition) is 5. The molecule has 0 aliphatic heterocycles. The van der Waals surface area contributed by atoms with Crippen molar-refractivity contribution >= 4 is 17.5 Å². The highest BCUT2D eigenvalue weighted by Crippen LogP contribution is 2.19. The van der Waals surface area contributed by atoms with Gasteiger partial charge in [-0.2, -0.15) is 4.98 Å². The molecule has 158 valence electrons. The normalized spacial score (nSPS) is 10.8.